The van der Waals surface area contributed by atoms with Crippen LogP contribution in [0.5, 0.6) is 0 Å². The van der Waals surface area contributed by atoms with Gasteiger partial charge in [0.2, 0.25) is 0 Å². The van der Waals surface area contributed by atoms with Crippen molar-refractivity contribution in [1.82, 2.24) is 4.90 Å². The van der Waals surface area contributed by atoms with Gasteiger partial charge in [-0.3, -0.25) is 0 Å². The Morgan fingerprint density at radius 3 is 2.50 bits per heavy atom. The summed E-state index contributed by atoms with van der Waals surface area (Å²) in [6.07, 6.45) is 8.60. The quantitative estimate of drug-likeness (QED) is 0.693. The Morgan fingerprint density at radius 2 is 1.90 bits per heavy atom. The average Bonchev–Trinajstić information content (AvgIpc) is 2.46. The predicted octanol–water partition coefficient (Wildman–Crippen LogP) is 4.81. The second-order valence-corrected chi connectivity index (χ2v) is 6.38. The second kappa shape index (κ2) is 8.96. The molecule has 1 aromatic carbocycles. The summed E-state index contributed by atoms with van der Waals surface area (Å²) in [6.45, 7) is 7.12. The van der Waals surface area contributed by atoms with Crippen molar-refractivity contribution in [3.8, 4) is 0 Å². The fraction of sp³-hybridized carbons (Fsp3) is 0.647. The van der Waals surface area contributed by atoms with Crippen molar-refractivity contribution < 1.29 is 0 Å². The highest BCUT2D eigenvalue weighted by molar-refractivity contribution is 7.98. The third-order valence-corrected chi connectivity index (χ3v) is 5.00. The van der Waals surface area contributed by atoms with Crippen LogP contribution in [0.2, 0.25) is 0 Å². The van der Waals surface area contributed by atoms with E-state index in [0.717, 1.165) is 6.04 Å². The van der Waals surface area contributed by atoms with Crippen LogP contribution in [0.4, 0.5) is 0 Å². The molecule has 0 saturated carbocycles. The van der Waals surface area contributed by atoms with E-state index in [4.69, 9.17) is 0 Å². The van der Waals surface area contributed by atoms with Crippen molar-refractivity contribution >= 4 is 24.2 Å². The molecule has 0 aromatic heterocycles. The maximum atomic E-state index is 2.72. The lowest BCUT2D eigenvalue weighted by Crippen LogP contribution is -2.40. The highest BCUT2D eigenvalue weighted by atomic mass is 35.5. The molecule has 1 atom stereocenters. The number of hydrogen-bond donors (Lipinski definition) is 0. The first-order valence-corrected chi connectivity index (χ1v) is 8.91. The molecule has 20 heavy (non-hydrogen) atoms. The minimum absolute atomic E-state index is 0. The Balaban J connectivity index is 0.00000200. The van der Waals surface area contributed by atoms with Crippen molar-refractivity contribution in [3.63, 3.8) is 0 Å². The molecule has 114 valence electrons. The summed E-state index contributed by atoms with van der Waals surface area (Å²) in [5.41, 5.74) is 3.22. The van der Waals surface area contributed by atoms with Crippen LogP contribution < -0.4 is 0 Å². The number of nitrogens with zero attached hydrogens (tertiary/aromatic N) is 1. The van der Waals surface area contributed by atoms with E-state index in [-0.39, 0.29) is 12.4 Å². The van der Waals surface area contributed by atoms with Crippen LogP contribution in [0.15, 0.2) is 23.1 Å². The van der Waals surface area contributed by atoms with E-state index in [1.807, 2.05) is 11.8 Å². The molecule has 0 amide bonds. The van der Waals surface area contributed by atoms with Gasteiger partial charge in [-0.1, -0.05) is 26.0 Å². The SMILES string of the molecule is CCCN(CCC)C1CCc2cccc(SC)c2C1.Cl. The number of halogens is 1. The first-order chi connectivity index (χ1) is 9.30. The van der Waals surface area contributed by atoms with Gasteiger partial charge in [0.1, 0.15) is 0 Å². The zero-order valence-electron chi connectivity index (χ0n) is 13.0. The maximum Gasteiger partial charge on any atom is 0.0139 e. The Morgan fingerprint density at radius 1 is 1.20 bits per heavy atom. The standard InChI is InChI=1S/C17H27NS.ClH/c1-4-11-18(12-5-2)15-10-9-14-7-6-8-17(19-3)16(14)13-15;/h6-8,15H,4-5,9-13H2,1-3H3;1H. The van der Waals surface area contributed by atoms with Gasteiger partial charge < -0.3 is 4.90 Å². The van der Waals surface area contributed by atoms with E-state index in [9.17, 15) is 0 Å². The molecule has 0 spiro atoms. The fourth-order valence-corrected chi connectivity index (χ4v) is 3.97. The van der Waals surface area contributed by atoms with Crippen molar-refractivity contribution in [3.05, 3.63) is 29.3 Å². The van der Waals surface area contributed by atoms with Gasteiger partial charge in [-0.25, -0.2) is 0 Å². The molecule has 0 N–H and O–H groups in total. The lowest BCUT2D eigenvalue weighted by Gasteiger charge is -2.35. The molecule has 1 unspecified atom stereocenters. The van der Waals surface area contributed by atoms with Crippen molar-refractivity contribution in [2.24, 2.45) is 0 Å². The second-order valence-electron chi connectivity index (χ2n) is 5.53. The van der Waals surface area contributed by atoms with Gasteiger partial charge in [0.15, 0.2) is 0 Å². The van der Waals surface area contributed by atoms with Crippen molar-refractivity contribution in [1.29, 1.82) is 0 Å². The number of rotatable bonds is 6. The zero-order valence-corrected chi connectivity index (χ0v) is 14.7. The van der Waals surface area contributed by atoms with Gasteiger partial charge >= 0.3 is 0 Å². The molecule has 1 aromatic rings. The molecule has 2 rings (SSSR count). The van der Waals surface area contributed by atoms with Gasteiger partial charge in [0.05, 0.1) is 0 Å². The lowest BCUT2D eigenvalue weighted by atomic mass is 9.87. The van der Waals surface area contributed by atoms with E-state index in [1.54, 1.807) is 11.1 Å². The topological polar surface area (TPSA) is 3.24 Å². The highest BCUT2D eigenvalue weighted by Crippen LogP contribution is 2.31. The summed E-state index contributed by atoms with van der Waals surface area (Å²) >= 11 is 1.91. The Hall–Kier alpha value is -0.180. The molecule has 1 aliphatic rings. The van der Waals surface area contributed by atoms with E-state index in [2.05, 4.69) is 43.2 Å². The van der Waals surface area contributed by atoms with Gasteiger partial charge in [-0.2, -0.15) is 0 Å². The van der Waals surface area contributed by atoms with Crippen LogP contribution in [0, 0.1) is 0 Å². The Bertz CT molecular complexity index is 388. The Labute approximate surface area is 134 Å². The molecular weight excluding hydrogens is 286 g/mol. The minimum Gasteiger partial charge on any atom is -0.300 e. The summed E-state index contributed by atoms with van der Waals surface area (Å²) in [4.78, 5) is 4.22. The molecule has 0 saturated heterocycles. The average molecular weight is 314 g/mol. The first kappa shape index (κ1) is 17.9. The molecule has 1 aliphatic carbocycles. The molecule has 0 bridgehead atoms. The van der Waals surface area contributed by atoms with Gasteiger partial charge in [-0.05, 0) is 68.6 Å². The fourth-order valence-electron chi connectivity index (χ4n) is 3.29. The number of hydrogen-bond acceptors (Lipinski definition) is 2. The highest BCUT2D eigenvalue weighted by Gasteiger charge is 2.24. The summed E-state index contributed by atoms with van der Waals surface area (Å²) in [5.74, 6) is 0. The van der Waals surface area contributed by atoms with E-state index in [0.29, 0.717) is 0 Å². The maximum absolute atomic E-state index is 2.72. The van der Waals surface area contributed by atoms with Crippen LogP contribution >= 0.6 is 24.2 Å². The molecule has 0 radical (unpaired) electrons. The van der Waals surface area contributed by atoms with Crippen LogP contribution in [0.25, 0.3) is 0 Å². The smallest absolute Gasteiger partial charge is 0.0139 e. The van der Waals surface area contributed by atoms with Crippen LogP contribution in [0.1, 0.15) is 44.2 Å². The summed E-state index contributed by atoms with van der Waals surface area (Å²) in [6, 6.07) is 7.60. The first-order valence-electron chi connectivity index (χ1n) is 7.68. The van der Waals surface area contributed by atoms with Crippen LogP contribution in [0.3, 0.4) is 0 Å². The molecule has 1 nitrogen and oxygen atoms in total. The number of benzene rings is 1. The molecule has 0 fully saturated rings. The van der Waals surface area contributed by atoms with E-state index >= 15 is 0 Å². The molecule has 0 aliphatic heterocycles. The van der Waals surface area contributed by atoms with Gasteiger partial charge in [0.25, 0.3) is 0 Å². The molecule has 0 heterocycles. The summed E-state index contributed by atoms with van der Waals surface area (Å²) in [5, 5.41) is 0. The normalized spacial score (nSPS) is 17.7. The largest absolute Gasteiger partial charge is 0.300 e. The number of aryl methyl sites for hydroxylation is 1. The van der Waals surface area contributed by atoms with E-state index in [1.165, 1.54) is 50.1 Å². The van der Waals surface area contributed by atoms with Crippen molar-refractivity contribution in [2.75, 3.05) is 19.3 Å². The van der Waals surface area contributed by atoms with Gasteiger partial charge in [-0.15, -0.1) is 24.2 Å². The van der Waals surface area contributed by atoms with Gasteiger partial charge in [0, 0.05) is 10.9 Å². The number of thioether (sulfide) groups is 1. The number of fused-ring (bicyclic) bond motifs is 1. The summed E-state index contributed by atoms with van der Waals surface area (Å²) < 4.78 is 0. The van der Waals surface area contributed by atoms with Crippen LogP contribution in [-0.4, -0.2) is 30.3 Å². The molecular formula is C17H28ClNS. The minimum atomic E-state index is 0. The predicted molar refractivity (Wildman–Crippen MR) is 93.4 cm³/mol. The lowest BCUT2D eigenvalue weighted by molar-refractivity contribution is 0.179. The van der Waals surface area contributed by atoms with E-state index < -0.39 is 0 Å². The third-order valence-electron chi connectivity index (χ3n) is 4.17. The van der Waals surface area contributed by atoms with Crippen molar-refractivity contribution in [2.45, 2.75) is 56.9 Å². The molecule has 3 heteroatoms. The summed E-state index contributed by atoms with van der Waals surface area (Å²) in [7, 11) is 0. The zero-order chi connectivity index (χ0) is 13.7. The monoisotopic (exact) mass is 313 g/mol. The van der Waals surface area contributed by atoms with Crippen LogP contribution in [-0.2, 0) is 12.8 Å². The third kappa shape index (κ3) is 4.16. The Kier molecular flexibility index (Phi) is 8.01.